The zero-order valence-electron chi connectivity index (χ0n) is 10.5. The summed E-state index contributed by atoms with van der Waals surface area (Å²) in [7, 11) is 0. The number of hydrogen-bond acceptors (Lipinski definition) is 4. The van der Waals surface area contributed by atoms with Crippen LogP contribution in [0.1, 0.15) is 5.56 Å². The average Bonchev–Trinajstić information content (AvgIpc) is 2.44. The summed E-state index contributed by atoms with van der Waals surface area (Å²) in [5.41, 5.74) is 1.16. The van der Waals surface area contributed by atoms with Gasteiger partial charge in [-0.05, 0) is 5.56 Å². The third-order valence-electron chi connectivity index (χ3n) is 2.68. The molecule has 0 atom stereocenters. The standard InChI is InChI=1S/C14H20O4/c1-2-4-13(5-3-1)10-18-14-11-16-8-6-15-7-9-17-12-14/h1-5,14H,6-12H2. The van der Waals surface area contributed by atoms with Gasteiger partial charge in [0.2, 0.25) is 0 Å². The Morgan fingerprint density at radius 3 is 2.17 bits per heavy atom. The lowest BCUT2D eigenvalue weighted by Gasteiger charge is -2.20. The summed E-state index contributed by atoms with van der Waals surface area (Å²) < 4.78 is 22.1. The maximum Gasteiger partial charge on any atom is 0.105 e. The van der Waals surface area contributed by atoms with E-state index >= 15 is 0 Å². The second-order valence-electron chi connectivity index (χ2n) is 4.18. The quantitative estimate of drug-likeness (QED) is 0.819. The van der Waals surface area contributed by atoms with Crippen LogP contribution in [0.5, 0.6) is 0 Å². The van der Waals surface area contributed by atoms with Gasteiger partial charge >= 0.3 is 0 Å². The molecule has 1 heterocycles. The maximum absolute atomic E-state index is 5.81. The van der Waals surface area contributed by atoms with Gasteiger partial charge in [-0.2, -0.15) is 0 Å². The normalized spacial score (nSPS) is 19.6. The van der Waals surface area contributed by atoms with Crippen molar-refractivity contribution in [3.05, 3.63) is 35.9 Å². The molecule has 1 aromatic carbocycles. The number of hydrogen-bond donors (Lipinski definition) is 0. The van der Waals surface area contributed by atoms with Crippen molar-refractivity contribution in [3.8, 4) is 0 Å². The Bertz CT molecular complexity index is 305. The van der Waals surface area contributed by atoms with Crippen molar-refractivity contribution in [2.75, 3.05) is 39.6 Å². The lowest BCUT2D eigenvalue weighted by molar-refractivity contribution is -0.0929. The van der Waals surface area contributed by atoms with Crippen molar-refractivity contribution in [2.24, 2.45) is 0 Å². The van der Waals surface area contributed by atoms with Gasteiger partial charge in [-0.3, -0.25) is 0 Å². The predicted molar refractivity (Wildman–Crippen MR) is 67.5 cm³/mol. The SMILES string of the molecule is c1ccc(COC2COCCOCCOC2)cc1. The molecule has 1 aromatic rings. The van der Waals surface area contributed by atoms with Crippen LogP contribution in [0.3, 0.4) is 0 Å². The molecule has 1 fully saturated rings. The molecule has 0 aromatic heterocycles. The molecule has 2 rings (SSSR count). The Kier molecular flexibility index (Phi) is 6.16. The van der Waals surface area contributed by atoms with Crippen molar-refractivity contribution in [2.45, 2.75) is 12.7 Å². The van der Waals surface area contributed by atoms with E-state index in [2.05, 4.69) is 12.1 Å². The summed E-state index contributed by atoms with van der Waals surface area (Å²) in [6.07, 6.45) is -0.0108. The Morgan fingerprint density at radius 2 is 1.50 bits per heavy atom. The van der Waals surface area contributed by atoms with Gasteiger partial charge in [-0.15, -0.1) is 0 Å². The molecular formula is C14H20O4. The molecule has 1 aliphatic heterocycles. The lowest BCUT2D eigenvalue weighted by Crippen LogP contribution is -2.28. The van der Waals surface area contributed by atoms with Gasteiger partial charge in [-0.25, -0.2) is 0 Å². The van der Waals surface area contributed by atoms with E-state index in [1.165, 1.54) is 0 Å². The first-order valence-electron chi connectivity index (χ1n) is 6.34. The fraction of sp³-hybridized carbons (Fsp3) is 0.571. The van der Waals surface area contributed by atoms with Crippen molar-refractivity contribution < 1.29 is 18.9 Å². The molecule has 0 amide bonds. The van der Waals surface area contributed by atoms with Crippen LogP contribution in [0.4, 0.5) is 0 Å². The summed E-state index contributed by atoms with van der Waals surface area (Å²) >= 11 is 0. The van der Waals surface area contributed by atoms with Crippen LogP contribution in [-0.2, 0) is 25.6 Å². The highest BCUT2D eigenvalue weighted by Gasteiger charge is 2.11. The second kappa shape index (κ2) is 8.21. The summed E-state index contributed by atoms with van der Waals surface area (Å²) in [6, 6.07) is 10.1. The van der Waals surface area contributed by atoms with Gasteiger partial charge in [0.25, 0.3) is 0 Å². The molecule has 0 saturated carbocycles. The van der Waals surface area contributed by atoms with E-state index in [0.29, 0.717) is 46.2 Å². The van der Waals surface area contributed by atoms with Crippen LogP contribution in [0.25, 0.3) is 0 Å². The molecular weight excluding hydrogens is 232 g/mol. The zero-order chi connectivity index (χ0) is 12.5. The average molecular weight is 252 g/mol. The van der Waals surface area contributed by atoms with Crippen molar-refractivity contribution in [1.82, 2.24) is 0 Å². The van der Waals surface area contributed by atoms with E-state index in [1.807, 2.05) is 18.2 Å². The summed E-state index contributed by atoms with van der Waals surface area (Å²) in [6.45, 7) is 4.17. The van der Waals surface area contributed by atoms with Gasteiger partial charge in [0.1, 0.15) is 6.10 Å². The minimum absolute atomic E-state index is 0.0108. The van der Waals surface area contributed by atoms with E-state index in [1.54, 1.807) is 0 Å². The number of benzene rings is 1. The molecule has 4 nitrogen and oxygen atoms in total. The molecule has 0 spiro atoms. The van der Waals surface area contributed by atoms with Crippen LogP contribution in [-0.4, -0.2) is 45.7 Å². The van der Waals surface area contributed by atoms with E-state index in [9.17, 15) is 0 Å². The maximum atomic E-state index is 5.81. The minimum atomic E-state index is -0.0108. The first kappa shape index (κ1) is 13.5. The fourth-order valence-electron chi connectivity index (χ4n) is 1.70. The highest BCUT2D eigenvalue weighted by Crippen LogP contribution is 2.05. The van der Waals surface area contributed by atoms with E-state index in [0.717, 1.165) is 5.56 Å². The first-order chi connectivity index (χ1) is 8.95. The van der Waals surface area contributed by atoms with Crippen molar-refractivity contribution in [3.63, 3.8) is 0 Å². The lowest BCUT2D eigenvalue weighted by atomic mass is 10.2. The Hall–Kier alpha value is -0.940. The smallest absolute Gasteiger partial charge is 0.105 e. The molecule has 0 N–H and O–H groups in total. The number of ether oxygens (including phenoxy) is 4. The second-order valence-corrected chi connectivity index (χ2v) is 4.18. The van der Waals surface area contributed by atoms with E-state index < -0.39 is 0 Å². The molecule has 100 valence electrons. The summed E-state index contributed by atoms with van der Waals surface area (Å²) in [5, 5.41) is 0. The minimum Gasteiger partial charge on any atom is -0.377 e. The first-order valence-corrected chi connectivity index (χ1v) is 6.34. The topological polar surface area (TPSA) is 36.9 Å². The van der Waals surface area contributed by atoms with Crippen LogP contribution < -0.4 is 0 Å². The van der Waals surface area contributed by atoms with Crippen LogP contribution in [0.2, 0.25) is 0 Å². The molecule has 1 saturated heterocycles. The van der Waals surface area contributed by atoms with Crippen molar-refractivity contribution >= 4 is 0 Å². The predicted octanol–water partition coefficient (Wildman–Crippen LogP) is 1.64. The van der Waals surface area contributed by atoms with Gasteiger partial charge in [0.05, 0.1) is 46.2 Å². The van der Waals surface area contributed by atoms with Crippen LogP contribution in [0.15, 0.2) is 30.3 Å². The molecule has 0 aliphatic carbocycles. The summed E-state index contributed by atoms with van der Waals surface area (Å²) in [4.78, 5) is 0. The molecule has 0 unspecified atom stereocenters. The molecule has 18 heavy (non-hydrogen) atoms. The largest absolute Gasteiger partial charge is 0.377 e. The van der Waals surface area contributed by atoms with Gasteiger partial charge in [0.15, 0.2) is 0 Å². The third-order valence-corrected chi connectivity index (χ3v) is 2.68. The number of rotatable bonds is 3. The van der Waals surface area contributed by atoms with Crippen molar-refractivity contribution in [1.29, 1.82) is 0 Å². The molecule has 4 heteroatoms. The third kappa shape index (κ3) is 5.14. The highest BCUT2D eigenvalue weighted by atomic mass is 16.6. The fourth-order valence-corrected chi connectivity index (χ4v) is 1.70. The Labute approximate surface area is 108 Å². The molecule has 0 radical (unpaired) electrons. The highest BCUT2D eigenvalue weighted by molar-refractivity contribution is 5.13. The molecule has 1 aliphatic rings. The van der Waals surface area contributed by atoms with Crippen LogP contribution in [0, 0.1) is 0 Å². The van der Waals surface area contributed by atoms with Gasteiger partial charge in [0, 0.05) is 0 Å². The van der Waals surface area contributed by atoms with Crippen LogP contribution >= 0.6 is 0 Å². The zero-order valence-corrected chi connectivity index (χ0v) is 10.5. The van der Waals surface area contributed by atoms with E-state index in [-0.39, 0.29) is 6.10 Å². The Balaban J connectivity index is 1.74. The molecule has 0 bridgehead atoms. The summed E-state index contributed by atoms with van der Waals surface area (Å²) in [5.74, 6) is 0. The monoisotopic (exact) mass is 252 g/mol. The van der Waals surface area contributed by atoms with Gasteiger partial charge in [-0.1, -0.05) is 30.3 Å². The van der Waals surface area contributed by atoms with Gasteiger partial charge < -0.3 is 18.9 Å². The van der Waals surface area contributed by atoms with E-state index in [4.69, 9.17) is 18.9 Å². The Morgan fingerprint density at radius 1 is 0.889 bits per heavy atom.